The first-order chi connectivity index (χ1) is 15.7. The minimum atomic E-state index is -0.103. The number of hydrogen-bond donors (Lipinski definition) is 1. The summed E-state index contributed by atoms with van der Waals surface area (Å²) in [6.07, 6.45) is 7.21. The molecular weight excluding hydrogens is 404 g/mol. The van der Waals surface area contributed by atoms with Gasteiger partial charge in [-0.25, -0.2) is 0 Å². The number of benzene rings is 2. The fourth-order valence-electron chi connectivity index (χ4n) is 4.72. The molecule has 0 spiro atoms. The largest absolute Gasteiger partial charge is 0.497 e. The van der Waals surface area contributed by atoms with Gasteiger partial charge in [0, 0.05) is 12.1 Å². The summed E-state index contributed by atoms with van der Waals surface area (Å²) in [6, 6.07) is 13.7. The van der Waals surface area contributed by atoms with Crippen LogP contribution in [0.5, 0.6) is 17.2 Å². The zero-order valence-corrected chi connectivity index (χ0v) is 19.1. The van der Waals surface area contributed by atoms with Gasteiger partial charge >= 0.3 is 0 Å². The van der Waals surface area contributed by atoms with Crippen LogP contribution in [0.25, 0.3) is 0 Å². The molecule has 0 bridgehead atoms. The minimum Gasteiger partial charge on any atom is -0.497 e. The van der Waals surface area contributed by atoms with Gasteiger partial charge in [-0.3, -0.25) is 9.69 Å². The van der Waals surface area contributed by atoms with Gasteiger partial charge in [0.05, 0.1) is 26.4 Å². The third kappa shape index (κ3) is 5.36. The van der Waals surface area contributed by atoms with Crippen LogP contribution in [0.15, 0.2) is 42.5 Å². The lowest BCUT2D eigenvalue weighted by Gasteiger charge is -2.28. The maximum Gasteiger partial charge on any atom is 0.251 e. The molecule has 1 aliphatic heterocycles. The lowest BCUT2D eigenvalue weighted by Crippen LogP contribution is -2.36. The summed E-state index contributed by atoms with van der Waals surface area (Å²) < 4.78 is 16.9. The van der Waals surface area contributed by atoms with Crippen LogP contribution in [0, 0.1) is 0 Å². The van der Waals surface area contributed by atoms with E-state index in [9.17, 15) is 4.79 Å². The van der Waals surface area contributed by atoms with Crippen molar-refractivity contribution in [3.63, 3.8) is 0 Å². The van der Waals surface area contributed by atoms with Gasteiger partial charge in [0.1, 0.15) is 5.75 Å². The van der Waals surface area contributed by atoms with Crippen LogP contribution in [0.1, 0.15) is 60.5 Å². The van der Waals surface area contributed by atoms with Crippen molar-refractivity contribution in [2.24, 2.45) is 0 Å². The first kappa shape index (κ1) is 22.5. The number of carbonyl (C=O) groups excluding carboxylic acids is 1. The first-order valence-corrected chi connectivity index (χ1v) is 11.7. The van der Waals surface area contributed by atoms with E-state index in [0.717, 1.165) is 31.7 Å². The van der Waals surface area contributed by atoms with Crippen LogP contribution in [-0.2, 0) is 0 Å². The van der Waals surface area contributed by atoms with Crippen LogP contribution in [0.2, 0.25) is 0 Å². The Morgan fingerprint density at radius 2 is 1.69 bits per heavy atom. The van der Waals surface area contributed by atoms with Gasteiger partial charge < -0.3 is 19.5 Å². The molecule has 2 aliphatic rings. The number of rotatable bonds is 9. The predicted octanol–water partition coefficient (Wildman–Crippen LogP) is 4.59. The van der Waals surface area contributed by atoms with E-state index in [0.29, 0.717) is 23.6 Å². The molecule has 1 saturated carbocycles. The van der Waals surface area contributed by atoms with E-state index in [1.54, 1.807) is 20.3 Å². The molecule has 32 heavy (non-hydrogen) atoms. The van der Waals surface area contributed by atoms with Gasteiger partial charge in [0.15, 0.2) is 11.5 Å². The number of amides is 1. The number of nitrogens with zero attached hydrogens (tertiary/aromatic N) is 1. The van der Waals surface area contributed by atoms with Gasteiger partial charge in [0.25, 0.3) is 5.91 Å². The van der Waals surface area contributed by atoms with E-state index in [4.69, 9.17) is 14.2 Å². The number of hydrogen-bond acceptors (Lipinski definition) is 5. The minimum absolute atomic E-state index is 0.103. The third-order valence-corrected chi connectivity index (χ3v) is 6.56. The number of likely N-dealkylation sites (tertiary alicyclic amines) is 1. The molecular formula is C26H34N2O4. The van der Waals surface area contributed by atoms with Crippen molar-refractivity contribution in [2.75, 3.05) is 33.9 Å². The molecule has 1 N–H and O–H groups in total. The monoisotopic (exact) mass is 438 g/mol. The van der Waals surface area contributed by atoms with E-state index >= 15 is 0 Å². The molecule has 172 valence electrons. The van der Waals surface area contributed by atoms with Crippen molar-refractivity contribution >= 4 is 5.91 Å². The number of carbonyl (C=O) groups is 1. The molecule has 1 aliphatic carbocycles. The molecule has 2 aromatic rings. The molecule has 6 nitrogen and oxygen atoms in total. The highest BCUT2D eigenvalue weighted by atomic mass is 16.5. The Hall–Kier alpha value is -2.73. The van der Waals surface area contributed by atoms with E-state index in [-0.39, 0.29) is 18.1 Å². The second-order valence-corrected chi connectivity index (χ2v) is 8.63. The van der Waals surface area contributed by atoms with E-state index < -0.39 is 0 Å². The molecule has 1 amide bonds. The average molecular weight is 439 g/mol. The van der Waals surface area contributed by atoms with Crippen LogP contribution >= 0.6 is 0 Å². The van der Waals surface area contributed by atoms with Crippen LogP contribution in [-0.4, -0.2) is 50.8 Å². The highest BCUT2D eigenvalue weighted by Crippen LogP contribution is 2.32. The van der Waals surface area contributed by atoms with Gasteiger partial charge in [0.2, 0.25) is 0 Å². The summed E-state index contributed by atoms with van der Waals surface area (Å²) >= 11 is 0. The predicted molar refractivity (Wildman–Crippen MR) is 125 cm³/mol. The molecule has 4 rings (SSSR count). The fourth-order valence-corrected chi connectivity index (χ4v) is 4.72. The van der Waals surface area contributed by atoms with E-state index in [1.807, 2.05) is 24.3 Å². The van der Waals surface area contributed by atoms with Crippen LogP contribution in [0.4, 0.5) is 0 Å². The second-order valence-electron chi connectivity index (χ2n) is 8.63. The third-order valence-electron chi connectivity index (χ3n) is 6.56. The maximum atomic E-state index is 13.0. The van der Waals surface area contributed by atoms with Crippen molar-refractivity contribution in [1.29, 1.82) is 0 Å². The molecule has 0 unspecified atom stereocenters. The molecule has 2 aromatic carbocycles. The standard InChI is InChI=1S/C26H34N2O4/c1-30-21-12-9-19(10-13-21)23(28-15-5-6-16-28)18-27-26(29)20-11-14-24(25(17-20)31-2)32-22-7-3-4-8-22/h9-14,17,22-23H,3-8,15-16,18H2,1-2H3,(H,27,29)/t23-/m1/s1. The average Bonchev–Trinajstić information content (AvgIpc) is 3.54. The summed E-state index contributed by atoms with van der Waals surface area (Å²) in [6.45, 7) is 2.65. The number of ether oxygens (including phenoxy) is 3. The van der Waals surface area contributed by atoms with Crippen molar-refractivity contribution < 1.29 is 19.0 Å². The number of nitrogens with one attached hydrogen (secondary N) is 1. The normalized spacial score (nSPS) is 17.8. The summed E-state index contributed by atoms with van der Waals surface area (Å²) in [5.74, 6) is 2.05. The Kier molecular flexibility index (Phi) is 7.53. The first-order valence-electron chi connectivity index (χ1n) is 11.7. The fraction of sp³-hybridized carbons (Fsp3) is 0.500. The summed E-state index contributed by atoms with van der Waals surface area (Å²) in [5, 5.41) is 3.14. The second kappa shape index (κ2) is 10.7. The Balaban J connectivity index is 1.43. The molecule has 1 atom stereocenters. The summed E-state index contributed by atoms with van der Waals surface area (Å²) in [5.41, 5.74) is 1.77. The van der Waals surface area contributed by atoms with Gasteiger partial charge in [-0.15, -0.1) is 0 Å². The van der Waals surface area contributed by atoms with Crippen molar-refractivity contribution in [3.8, 4) is 17.2 Å². The summed E-state index contributed by atoms with van der Waals surface area (Å²) in [7, 11) is 3.29. The Labute approximate surface area is 190 Å². The Morgan fingerprint density at radius 1 is 0.969 bits per heavy atom. The van der Waals surface area contributed by atoms with E-state index in [2.05, 4.69) is 22.3 Å². The van der Waals surface area contributed by atoms with Crippen LogP contribution < -0.4 is 19.5 Å². The van der Waals surface area contributed by atoms with Crippen molar-refractivity contribution in [3.05, 3.63) is 53.6 Å². The molecule has 0 aromatic heterocycles. The molecule has 1 saturated heterocycles. The zero-order chi connectivity index (χ0) is 22.3. The summed E-state index contributed by atoms with van der Waals surface area (Å²) in [4.78, 5) is 15.4. The van der Waals surface area contributed by atoms with Gasteiger partial charge in [-0.05, 0) is 87.5 Å². The molecule has 2 fully saturated rings. The SMILES string of the molecule is COc1ccc([C@@H](CNC(=O)c2ccc(OC3CCCC3)c(OC)c2)N2CCCC2)cc1. The van der Waals surface area contributed by atoms with Crippen molar-refractivity contribution in [2.45, 2.75) is 50.7 Å². The highest BCUT2D eigenvalue weighted by molar-refractivity contribution is 5.94. The molecule has 1 heterocycles. The highest BCUT2D eigenvalue weighted by Gasteiger charge is 2.25. The topological polar surface area (TPSA) is 60.0 Å². The maximum absolute atomic E-state index is 13.0. The van der Waals surface area contributed by atoms with Gasteiger partial charge in [-0.2, -0.15) is 0 Å². The van der Waals surface area contributed by atoms with Crippen LogP contribution in [0.3, 0.4) is 0 Å². The quantitative estimate of drug-likeness (QED) is 0.620. The Bertz CT molecular complexity index is 887. The molecule has 0 radical (unpaired) electrons. The van der Waals surface area contributed by atoms with Crippen molar-refractivity contribution in [1.82, 2.24) is 10.2 Å². The Morgan fingerprint density at radius 3 is 2.34 bits per heavy atom. The smallest absolute Gasteiger partial charge is 0.251 e. The molecule has 6 heteroatoms. The van der Waals surface area contributed by atoms with E-state index in [1.165, 1.54) is 31.2 Å². The number of methoxy groups -OCH3 is 2. The van der Waals surface area contributed by atoms with Gasteiger partial charge in [-0.1, -0.05) is 12.1 Å². The lowest BCUT2D eigenvalue weighted by molar-refractivity contribution is 0.0937. The lowest BCUT2D eigenvalue weighted by atomic mass is 10.0. The zero-order valence-electron chi connectivity index (χ0n) is 19.1.